The Morgan fingerprint density at radius 1 is 1.14 bits per heavy atom. The molecule has 3 heterocycles. The molecule has 1 N–H and O–H groups in total. The minimum Gasteiger partial charge on any atom is -0.311 e. The predicted molar refractivity (Wildman–Crippen MR) is 88.1 cm³/mol. The lowest BCUT2D eigenvalue weighted by Crippen LogP contribution is -2.50. The van der Waals surface area contributed by atoms with E-state index in [-0.39, 0.29) is 5.92 Å². The number of pyridine rings is 1. The molecule has 0 spiro atoms. The molecule has 22 heavy (non-hydrogen) atoms. The van der Waals surface area contributed by atoms with Crippen LogP contribution in [0.2, 0.25) is 0 Å². The number of nitrogens with one attached hydrogen (secondary N) is 1. The molecule has 114 valence electrons. The number of ketones is 1. The molecule has 4 rings (SSSR count). The highest BCUT2D eigenvalue weighted by molar-refractivity contribution is 6.01. The second kappa shape index (κ2) is 5.47. The summed E-state index contributed by atoms with van der Waals surface area (Å²) in [6, 6.07) is 11.1. The monoisotopic (exact) mass is 294 g/mol. The highest BCUT2D eigenvalue weighted by Crippen LogP contribution is 2.32. The van der Waals surface area contributed by atoms with Gasteiger partial charge in [-0.1, -0.05) is 12.5 Å². The molecule has 2 aromatic rings. The molecule has 1 aromatic heterocycles. The van der Waals surface area contributed by atoms with Crippen molar-refractivity contribution >= 4 is 16.7 Å². The SMILES string of the molecule is Cc1ccc2cc(C(=O)C3CC4CCCC(C3)N4)ccc2n1. The van der Waals surface area contributed by atoms with Crippen molar-refractivity contribution in [3.63, 3.8) is 0 Å². The average molecular weight is 294 g/mol. The first-order valence-electron chi connectivity index (χ1n) is 8.37. The van der Waals surface area contributed by atoms with Gasteiger partial charge in [-0.3, -0.25) is 9.78 Å². The van der Waals surface area contributed by atoms with E-state index in [2.05, 4.69) is 16.4 Å². The van der Waals surface area contributed by atoms with Gasteiger partial charge >= 0.3 is 0 Å². The Labute approximate surface area is 131 Å². The Balaban J connectivity index is 1.61. The molecule has 2 fully saturated rings. The van der Waals surface area contributed by atoms with E-state index in [1.165, 1.54) is 19.3 Å². The fourth-order valence-electron chi connectivity index (χ4n) is 4.10. The zero-order valence-corrected chi connectivity index (χ0v) is 13.0. The molecule has 1 aromatic carbocycles. The Bertz CT molecular complexity index is 712. The van der Waals surface area contributed by atoms with Gasteiger partial charge < -0.3 is 5.32 Å². The van der Waals surface area contributed by atoms with Crippen molar-refractivity contribution in [2.75, 3.05) is 0 Å². The van der Waals surface area contributed by atoms with Crippen molar-refractivity contribution in [3.05, 3.63) is 41.6 Å². The largest absolute Gasteiger partial charge is 0.311 e. The van der Waals surface area contributed by atoms with Crippen molar-refractivity contribution in [3.8, 4) is 0 Å². The van der Waals surface area contributed by atoms with Crippen LogP contribution in [0.4, 0.5) is 0 Å². The van der Waals surface area contributed by atoms with Gasteiger partial charge in [0, 0.05) is 34.6 Å². The van der Waals surface area contributed by atoms with Gasteiger partial charge in [-0.25, -0.2) is 0 Å². The topological polar surface area (TPSA) is 42.0 Å². The molecule has 0 amide bonds. The van der Waals surface area contributed by atoms with E-state index in [1.54, 1.807) is 0 Å². The molecular weight excluding hydrogens is 272 g/mol. The molecule has 0 radical (unpaired) electrons. The van der Waals surface area contributed by atoms with Crippen LogP contribution in [0.3, 0.4) is 0 Å². The van der Waals surface area contributed by atoms with Gasteiger partial charge in [-0.05, 0) is 56.9 Å². The van der Waals surface area contributed by atoms with E-state index in [0.29, 0.717) is 17.9 Å². The van der Waals surface area contributed by atoms with E-state index in [4.69, 9.17) is 0 Å². The zero-order chi connectivity index (χ0) is 15.1. The Morgan fingerprint density at radius 3 is 2.68 bits per heavy atom. The van der Waals surface area contributed by atoms with Gasteiger partial charge in [0.05, 0.1) is 5.52 Å². The number of carbonyl (C=O) groups excluding carboxylic acids is 1. The Morgan fingerprint density at radius 2 is 1.91 bits per heavy atom. The van der Waals surface area contributed by atoms with E-state index in [9.17, 15) is 4.79 Å². The summed E-state index contributed by atoms with van der Waals surface area (Å²) >= 11 is 0. The third kappa shape index (κ3) is 2.54. The van der Waals surface area contributed by atoms with Crippen molar-refractivity contribution < 1.29 is 4.79 Å². The van der Waals surface area contributed by atoms with Gasteiger partial charge in [0.15, 0.2) is 5.78 Å². The standard InChI is InChI=1S/C19H22N2O/c1-12-5-6-13-9-14(7-8-18(13)20-12)19(22)15-10-16-3-2-4-17(11-15)21-16/h5-9,15-17,21H,2-4,10-11H2,1H3. The summed E-state index contributed by atoms with van der Waals surface area (Å²) in [6.07, 6.45) is 5.76. The van der Waals surface area contributed by atoms with Crippen LogP contribution in [0, 0.1) is 12.8 Å². The number of benzene rings is 1. The average Bonchev–Trinajstić information content (AvgIpc) is 2.53. The number of rotatable bonds is 2. The third-order valence-electron chi connectivity index (χ3n) is 5.20. The number of carbonyl (C=O) groups is 1. The molecule has 2 atom stereocenters. The number of fused-ring (bicyclic) bond motifs is 3. The number of aromatic nitrogens is 1. The summed E-state index contributed by atoms with van der Waals surface area (Å²) in [5, 5.41) is 4.72. The fourth-order valence-corrected chi connectivity index (χ4v) is 4.10. The van der Waals surface area contributed by atoms with Crippen LogP contribution in [0.25, 0.3) is 10.9 Å². The lowest BCUT2D eigenvalue weighted by Gasteiger charge is -2.39. The van der Waals surface area contributed by atoms with Gasteiger partial charge in [-0.15, -0.1) is 0 Å². The number of Topliss-reactive ketones (excluding diaryl/α,β-unsaturated/α-hetero) is 1. The second-order valence-corrected chi connectivity index (χ2v) is 6.88. The molecular formula is C19H22N2O. The lowest BCUT2D eigenvalue weighted by atomic mass is 9.77. The van der Waals surface area contributed by atoms with E-state index >= 15 is 0 Å². The number of hydrogen-bond acceptors (Lipinski definition) is 3. The molecule has 3 nitrogen and oxygen atoms in total. The van der Waals surface area contributed by atoms with Crippen LogP contribution >= 0.6 is 0 Å². The molecule has 3 heteroatoms. The molecule has 2 aliphatic heterocycles. The molecule has 2 bridgehead atoms. The first kappa shape index (κ1) is 13.9. The van der Waals surface area contributed by atoms with Crippen LogP contribution in [0.5, 0.6) is 0 Å². The maximum absolute atomic E-state index is 12.9. The van der Waals surface area contributed by atoms with Crippen LogP contribution < -0.4 is 5.32 Å². The first-order chi connectivity index (χ1) is 10.7. The highest BCUT2D eigenvalue weighted by atomic mass is 16.1. The minimum atomic E-state index is 0.187. The van der Waals surface area contributed by atoms with Crippen molar-refractivity contribution in [2.24, 2.45) is 5.92 Å². The number of nitrogens with zero attached hydrogens (tertiary/aromatic N) is 1. The maximum atomic E-state index is 12.9. The second-order valence-electron chi connectivity index (χ2n) is 6.88. The van der Waals surface area contributed by atoms with Crippen LogP contribution in [0.1, 0.15) is 48.2 Å². The smallest absolute Gasteiger partial charge is 0.166 e. The van der Waals surface area contributed by atoms with Crippen molar-refractivity contribution in [1.29, 1.82) is 0 Å². The summed E-state index contributed by atoms with van der Waals surface area (Å²) < 4.78 is 0. The minimum absolute atomic E-state index is 0.187. The third-order valence-corrected chi connectivity index (χ3v) is 5.20. The summed E-state index contributed by atoms with van der Waals surface area (Å²) in [5.74, 6) is 0.508. The molecule has 2 unspecified atom stereocenters. The van der Waals surface area contributed by atoms with Crippen molar-refractivity contribution in [2.45, 2.75) is 51.1 Å². The normalized spacial score (nSPS) is 27.8. The molecule has 0 saturated carbocycles. The maximum Gasteiger partial charge on any atom is 0.166 e. The van der Waals surface area contributed by atoms with Gasteiger partial charge in [0.2, 0.25) is 0 Å². The highest BCUT2D eigenvalue weighted by Gasteiger charge is 2.34. The zero-order valence-electron chi connectivity index (χ0n) is 13.0. The fraction of sp³-hybridized carbons (Fsp3) is 0.474. The molecule has 0 aliphatic carbocycles. The Kier molecular flexibility index (Phi) is 3.45. The number of piperidine rings is 2. The van der Waals surface area contributed by atoms with Gasteiger partial charge in [-0.2, -0.15) is 0 Å². The van der Waals surface area contributed by atoms with E-state index in [1.807, 2.05) is 31.2 Å². The van der Waals surface area contributed by atoms with E-state index in [0.717, 1.165) is 35.0 Å². The van der Waals surface area contributed by atoms with Crippen molar-refractivity contribution in [1.82, 2.24) is 10.3 Å². The van der Waals surface area contributed by atoms with Crippen LogP contribution in [-0.4, -0.2) is 22.9 Å². The Hall–Kier alpha value is -1.74. The quantitative estimate of drug-likeness (QED) is 0.860. The van der Waals surface area contributed by atoms with Crippen LogP contribution in [-0.2, 0) is 0 Å². The van der Waals surface area contributed by atoms with Crippen LogP contribution in [0.15, 0.2) is 30.3 Å². The van der Waals surface area contributed by atoms with Gasteiger partial charge in [0.1, 0.15) is 0 Å². The summed E-state index contributed by atoms with van der Waals surface area (Å²) in [5.41, 5.74) is 2.83. The predicted octanol–water partition coefficient (Wildman–Crippen LogP) is 3.65. The molecule has 2 saturated heterocycles. The van der Waals surface area contributed by atoms with E-state index < -0.39 is 0 Å². The first-order valence-corrected chi connectivity index (χ1v) is 8.37. The number of hydrogen-bond donors (Lipinski definition) is 1. The lowest BCUT2D eigenvalue weighted by molar-refractivity contribution is 0.0825. The summed E-state index contributed by atoms with van der Waals surface area (Å²) in [7, 11) is 0. The van der Waals surface area contributed by atoms with Gasteiger partial charge in [0.25, 0.3) is 0 Å². The summed E-state index contributed by atoms with van der Waals surface area (Å²) in [6.45, 7) is 1.99. The summed E-state index contributed by atoms with van der Waals surface area (Å²) in [4.78, 5) is 17.4. The number of aryl methyl sites for hydroxylation is 1. The molecule has 2 aliphatic rings.